The van der Waals surface area contributed by atoms with Crippen LogP contribution in [0, 0.1) is 0 Å². The second-order valence-electron chi connectivity index (χ2n) is 4.39. The van der Waals surface area contributed by atoms with E-state index < -0.39 is 11.7 Å². The van der Waals surface area contributed by atoms with E-state index in [2.05, 4.69) is 5.48 Å². The van der Waals surface area contributed by atoms with Crippen LogP contribution in [-0.4, -0.2) is 12.5 Å². The van der Waals surface area contributed by atoms with Crippen LogP contribution in [0.5, 0.6) is 0 Å². The van der Waals surface area contributed by atoms with Gasteiger partial charge in [0.25, 0.3) is 0 Å². The normalized spacial score (nSPS) is 13.1. The van der Waals surface area contributed by atoms with Gasteiger partial charge in [-0.25, -0.2) is 5.48 Å². The van der Waals surface area contributed by atoms with Crippen LogP contribution in [-0.2, 0) is 15.8 Å². The summed E-state index contributed by atoms with van der Waals surface area (Å²) in [6, 6.07) is 5.09. The monoisotopic (exact) mass is 289 g/mol. The van der Waals surface area contributed by atoms with Crippen molar-refractivity contribution in [1.82, 2.24) is 5.48 Å². The third kappa shape index (κ3) is 4.85. The van der Waals surface area contributed by atoms with E-state index in [1.807, 2.05) is 6.92 Å². The van der Waals surface area contributed by atoms with Crippen molar-refractivity contribution < 1.29 is 22.8 Å². The Morgan fingerprint density at radius 1 is 1.35 bits per heavy atom. The second-order valence-corrected chi connectivity index (χ2v) is 4.39. The fourth-order valence-electron chi connectivity index (χ4n) is 1.88. The van der Waals surface area contributed by atoms with Crippen molar-refractivity contribution in [2.75, 3.05) is 6.61 Å². The topological polar surface area (TPSA) is 38.3 Å². The highest BCUT2D eigenvalue weighted by molar-refractivity contribution is 5.75. The third-order valence-electron chi connectivity index (χ3n) is 2.94. The molecule has 1 unspecified atom stereocenters. The van der Waals surface area contributed by atoms with Crippen LogP contribution in [0.1, 0.15) is 43.7 Å². The molecule has 0 aromatic heterocycles. The largest absolute Gasteiger partial charge is 0.416 e. The smallest absolute Gasteiger partial charge is 0.274 e. The van der Waals surface area contributed by atoms with E-state index in [9.17, 15) is 18.0 Å². The first-order valence-corrected chi connectivity index (χ1v) is 6.46. The molecule has 0 spiro atoms. The van der Waals surface area contributed by atoms with Gasteiger partial charge in [0, 0.05) is 6.42 Å². The van der Waals surface area contributed by atoms with Gasteiger partial charge in [-0.05, 0) is 30.9 Å². The molecule has 112 valence electrons. The lowest BCUT2D eigenvalue weighted by Crippen LogP contribution is -2.25. The predicted molar refractivity (Wildman–Crippen MR) is 68.9 cm³/mol. The lowest BCUT2D eigenvalue weighted by atomic mass is 9.92. The van der Waals surface area contributed by atoms with Gasteiger partial charge in [-0.3, -0.25) is 9.63 Å². The maximum Gasteiger partial charge on any atom is 0.416 e. The van der Waals surface area contributed by atoms with Crippen LogP contribution in [0.4, 0.5) is 13.2 Å². The Labute approximate surface area is 116 Å². The molecule has 1 rings (SSSR count). The van der Waals surface area contributed by atoms with Crippen molar-refractivity contribution in [3.05, 3.63) is 35.4 Å². The van der Waals surface area contributed by atoms with Crippen LogP contribution in [0.2, 0.25) is 0 Å². The van der Waals surface area contributed by atoms with Crippen LogP contribution < -0.4 is 5.48 Å². The van der Waals surface area contributed by atoms with E-state index in [-0.39, 0.29) is 18.2 Å². The Balaban J connectivity index is 2.82. The average Bonchev–Trinajstić information content (AvgIpc) is 2.41. The molecule has 20 heavy (non-hydrogen) atoms. The molecular formula is C14H18F3NO2. The third-order valence-corrected chi connectivity index (χ3v) is 2.94. The van der Waals surface area contributed by atoms with E-state index in [4.69, 9.17) is 4.84 Å². The number of benzene rings is 1. The molecule has 0 aliphatic carbocycles. The molecule has 0 saturated heterocycles. The number of hydroxylamine groups is 1. The summed E-state index contributed by atoms with van der Waals surface area (Å²) in [5.74, 6) is -0.603. The zero-order valence-electron chi connectivity index (χ0n) is 11.5. The summed E-state index contributed by atoms with van der Waals surface area (Å²) in [7, 11) is 0. The molecule has 0 fully saturated rings. The standard InChI is InChI=1S/C14H18F3NO2/c1-3-10(9-13(19)18-20-4-2)11-6-5-7-12(8-11)14(15,16)17/h5-8,10H,3-4,9H2,1-2H3,(H,18,19). The van der Waals surface area contributed by atoms with E-state index in [1.54, 1.807) is 13.0 Å². The second kappa shape index (κ2) is 7.28. The van der Waals surface area contributed by atoms with E-state index in [0.29, 0.717) is 18.6 Å². The van der Waals surface area contributed by atoms with Gasteiger partial charge in [-0.2, -0.15) is 13.2 Å². The first-order valence-electron chi connectivity index (χ1n) is 6.46. The highest BCUT2D eigenvalue weighted by Gasteiger charge is 2.31. The zero-order chi connectivity index (χ0) is 15.2. The lowest BCUT2D eigenvalue weighted by Gasteiger charge is -2.16. The maximum absolute atomic E-state index is 12.7. The van der Waals surface area contributed by atoms with E-state index in [0.717, 1.165) is 12.1 Å². The van der Waals surface area contributed by atoms with Crippen LogP contribution in [0.15, 0.2) is 24.3 Å². The Bertz CT molecular complexity index is 446. The summed E-state index contributed by atoms with van der Waals surface area (Å²) in [5, 5.41) is 0. The van der Waals surface area contributed by atoms with Gasteiger partial charge < -0.3 is 0 Å². The molecule has 1 aromatic carbocycles. The highest BCUT2D eigenvalue weighted by atomic mass is 19.4. The van der Waals surface area contributed by atoms with Crippen molar-refractivity contribution in [3.8, 4) is 0 Å². The minimum absolute atomic E-state index is 0.0951. The summed E-state index contributed by atoms with van der Waals surface area (Å²) >= 11 is 0. The number of carbonyl (C=O) groups is 1. The Morgan fingerprint density at radius 3 is 2.60 bits per heavy atom. The molecule has 0 bridgehead atoms. The first-order chi connectivity index (χ1) is 9.38. The predicted octanol–water partition coefficient (Wildman–Crippen LogP) is 3.66. The van der Waals surface area contributed by atoms with Gasteiger partial charge in [0.05, 0.1) is 12.2 Å². The lowest BCUT2D eigenvalue weighted by molar-refractivity contribution is -0.137. The summed E-state index contributed by atoms with van der Waals surface area (Å²) in [6.45, 7) is 3.90. The molecule has 0 aliphatic rings. The van der Waals surface area contributed by atoms with Gasteiger partial charge in [-0.1, -0.05) is 25.1 Å². The van der Waals surface area contributed by atoms with Crippen molar-refractivity contribution >= 4 is 5.91 Å². The summed E-state index contributed by atoms with van der Waals surface area (Å²) < 4.78 is 38.0. The fourth-order valence-corrected chi connectivity index (χ4v) is 1.88. The van der Waals surface area contributed by atoms with Crippen molar-refractivity contribution in [2.24, 2.45) is 0 Å². The molecule has 1 atom stereocenters. The van der Waals surface area contributed by atoms with Gasteiger partial charge in [0.1, 0.15) is 0 Å². The number of halogens is 3. The molecular weight excluding hydrogens is 271 g/mol. The summed E-state index contributed by atoms with van der Waals surface area (Å²) in [5.41, 5.74) is 2.06. The van der Waals surface area contributed by atoms with Crippen molar-refractivity contribution in [2.45, 2.75) is 38.8 Å². The molecule has 0 heterocycles. The number of rotatable bonds is 6. The number of amides is 1. The van der Waals surface area contributed by atoms with Crippen molar-refractivity contribution in [1.29, 1.82) is 0 Å². The minimum Gasteiger partial charge on any atom is -0.274 e. The average molecular weight is 289 g/mol. The Morgan fingerprint density at radius 2 is 2.05 bits per heavy atom. The van der Waals surface area contributed by atoms with Gasteiger partial charge in [0.15, 0.2) is 0 Å². The Hall–Kier alpha value is -1.56. The van der Waals surface area contributed by atoms with Gasteiger partial charge >= 0.3 is 6.18 Å². The van der Waals surface area contributed by atoms with E-state index >= 15 is 0 Å². The van der Waals surface area contributed by atoms with Crippen LogP contribution >= 0.6 is 0 Å². The first kappa shape index (κ1) is 16.5. The Kier molecular flexibility index (Phi) is 6.01. The van der Waals surface area contributed by atoms with Gasteiger partial charge in [-0.15, -0.1) is 0 Å². The zero-order valence-corrected chi connectivity index (χ0v) is 11.5. The minimum atomic E-state index is -4.37. The number of nitrogens with one attached hydrogen (secondary N) is 1. The molecule has 0 aliphatic heterocycles. The number of alkyl halides is 3. The fraction of sp³-hybridized carbons (Fsp3) is 0.500. The molecule has 6 heteroatoms. The van der Waals surface area contributed by atoms with E-state index in [1.165, 1.54) is 6.07 Å². The van der Waals surface area contributed by atoms with Crippen LogP contribution in [0.25, 0.3) is 0 Å². The molecule has 0 radical (unpaired) electrons. The van der Waals surface area contributed by atoms with Gasteiger partial charge in [0.2, 0.25) is 5.91 Å². The SMILES string of the molecule is CCONC(=O)CC(CC)c1cccc(C(F)(F)F)c1. The number of hydrogen-bond donors (Lipinski definition) is 1. The molecule has 1 aromatic rings. The van der Waals surface area contributed by atoms with Crippen molar-refractivity contribution in [3.63, 3.8) is 0 Å². The number of hydrogen-bond acceptors (Lipinski definition) is 2. The number of carbonyl (C=O) groups excluding carboxylic acids is 1. The summed E-state index contributed by atoms with van der Waals surface area (Å²) in [4.78, 5) is 16.3. The quantitative estimate of drug-likeness (QED) is 0.812. The molecule has 1 N–H and O–H groups in total. The molecule has 3 nitrogen and oxygen atoms in total. The van der Waals surface area contributed by atoms with Crippen LogP contribution in [0.3, 0.4) is 0 Å². The molecule has 0 saturated carbocycles. The highest BCUT2D eigenvalue weighted by Crippen LogP contribution is 2.32. The maximum atomic E-state index is 12.7. The molecule has 1 amide bonds. The summed E-state index contributed by atoms with van der Waals surface area (Å²) in [6.07, 6.45) is -3.71.